The molecule has 0 nitrogen and oxygen atoms in total. The molecule has 0 atom stereocenters. The molecule has 0 N–H and O–H groups in total. The smallest absolute Gasteiger partial charge is 0.166 e. The Morgan fingerprint density at radius 2 is 1.04 bits per heavy atom. The van der Waals surface area contributed by atoms with Crippen molar-refractivity contribution >= 4 is 10.8 Å². The Morgan fingerprint density at radius 1 is 0.479 bits per heavy atom. The standard InChI is InChI=1S/C34H28.C11H7F3/c1-22-18-23(2)32(24(3)19-22)31-21-29-28-17-11-10-16-27(28)20-30(29)33(25-12-6-4-7-13-25)34(31)26-14-8-5-9-15-26;12-11(13,14)10-7-3-5-8-4-1-2-6-9(8)10/h4-19,21H,20H2,1-3H3;1-7H. The van der Waals surface area contributed by atoms with E-state index in [1.165, 1.54) is 84.5 Å². The zero-order valence-corrected chi connectivity index (χ0v) is 27.2. The number of aryl methyl sites for hydroxylation is 3. The van der Waals surface area contributed by atoms with Crippen LogP contribution in [-0.2, 0) is 12.6 Å². The summed E-state index contributed by atoms with van der Waals surface area (Å²) >= 11 is 0. The molecule has 0 saturated heterocycles. The second-order valence-corrected chi connectivity index (χ2v) is 12.6. The SMILES string of the molecule is Cc1cc(C)c(-c2cc3c(c(-c4ccccc4)c2-c2ccccc2)Cc2ccccc2-3)c(C)c1.FC(F)(F)c1cccc2ccccc12. The maximum Gasteiger partial charge on any atom is 0.417 e. The van der Waals surface area contributed by atoms with Gasteiger partial charge in [0.1, 0.15) is 0 Å². The highest BCUT2D eigenvalue weighted by Gasteiger charge is 2.32. The highest BCUT2D eigenvalue weighted by Crippen LogP contribution is 2.51. The number of benzene rings is 7. The lowest BCUT2D eigenvalue weighted by Crippen LogP contribution is -2.05. The van der Waals surface area contributed by atoms with Gasteiger partial charge in [-0.25, -0.2) is 0 Å². The average molecular weight is 633 g/mol. The van der Waals surface area contributed by atoms with Crippen LogP contribution in [0.5, 0.6) is 0 Å². The fraction of sp³-hybridized carbons (Fsp3) is 0.111. The van der Waals surface area contributed by atoms with Crippen molar-refractivity contribution in [3.8, 4) is 44.5 Å². The van der Waals surface area contributed by atoms with Gasteiger partial charge in [-0.1, -0.05) is 139 Å². The number of hydrogen-bond acceptors (Lipinski definition) is 0. The molecule has 48 heavy (non-hydrogen) atoms. The number of fused-ring (bicyclic) bond motifs is 4. The lowest BCUT2D eigenvalue weighted by atomic mass is 9.80. The van der Waals surface area contributed by atoms with Gasteiger partial charge in [0.05, 0.1) is 5.56 Å². The molecule has 0 heterocycles. The Hall–Kier alpha value is -5.41. The first-order valence-corrected chi connectivity index (χ1v) is 16.2. The summed E-state index contributed by atoms with van der Waals surface area (Å²) in [6, 6.07) is 48.6. The van der Waals surface area contributed by atoms with Crippen LogP contribution in [0, 0.1) is 20.8 Å². The minimum atomic E-state index is -4.28. The molecular formula is C45H35F3. The molecule has 0 aromatic heterocycles. The van der Waals surface area contributed by atoms with Gasteiger partial charge in [0, 0.05) is 0 Å². The van der Waals surface area contributed by atoms with Crippen LogP contribution in [0.25, 0.3) is 55.3 Å². The molecule has 1 aliphatic carbocycles. The number of halogens is 3. The molecule has 7 aromatic rings. The number of hydrogen-bond donors (Lipinski definition) is 0. The lowest BCUT2D eigenvalue weighted by Gasteiger charge is -2.23. The van der Waals surface area contributed by atoms with E-state index in [-0.39, 0.29) is 5.39 Å². The second kappa shape index (κ2) is 12.7. The van der Waals surface area contributed by atoms with Gasteiger partial charge < -0.3 is 0 Å². The topological polar surface area (TPSA) is 0 Å². The molecule has 8 rings (SSSR count). The van der Waals surface area contributed by atoms with Gasteiger partial charge in [0.25, 0.3) is 0 Å². The molecule has 236 valence electrons. The molecule has 0 fully saturated rings. The van der Waals surface area contributed by atoms with E-state index in [4.69, 9.17) is 0 Å². The van der Waals surface area contributed by atoms with Crippen molar-refractivity contribution in [2.45, 2.75) is 33.4 Å². The average Bonchev–Trinajstić information content (AvgIpc) is 3.46. The summed E-state index contributed by atoms with van der Waals surface area (Å²) < 4.78 is 37.6. The first-order valence-electron chi connectivity index (χ1n) is 16.2. The highest BCUT2D eigenvalue weighted by atomic mass is 19.4. The molecule has 0 aliphatic heterocycles. The van der Waals surface area contributed by atoms with E-state index in [9.17, 15) is 13.2 Å². The monoisotopic (exact) mass is 632 g/mol. The third kappa shape index (κ3) is 5.82. The summed E-state index contributed by atoms with van der Waals surface area (Å²) in [4.78, 5) is 0. The van der Waals surface area contributed by atoms with Crippen LogP contribution in [0.3, 0.4) is 0 Å². The van der Waals surface area contributed by atoms with Crippen LogP contribution in [0.1, 0.15) is 33.4 Å². The third-order valence-corrected chi connectivity index (χ3v) is 9.28. The maximum absolute atomic E-state index is 12.5. The Morgan fingerprint density at radius 3 is 1.71 bits per heavy atom. The summed E-state index contributed by atoms with van der Waals surface area (Å²) in [5, 5.41) is 0.866. The molecule has 0 bridgehead atoms. The summed E-state index contributed by atoms with van der Waals surface area (Å²) in [6.45, 7) is 6.71. The number of rotatable bonds is 3. The van der Waals surface area contributed by atoms with Crippen LogP contribution in [0.15, 0.2) is 146 Å². The van der Waals surface area contributed by atoms with Gasteiger partial charge in [-0.3, -0.25) is 0 Å². The molecule has 1 aliphatic rings. The summed E-state index contributed by atoms with van der Waals surface area (Å²) in [5.41, 5.74) is 17.0. The van der Waals surface area contributed by atoms with Crippen LogP contribution in [0.2, 0.25) is 0 Å². The van der Waals surface area contributed by atoms with Gasteiger partial charge in [-0.05, 0) is 117 Å². The zero-order valence-electron chi connectivity index (χ0n) is 27.2. The quantitative estimate of drug-likeness (QED) is 0.182. The number of alkyl halides is 3. The lowest BCUT2D eigenvalue weighted by molar-refractivity contribution is -0.136. The molecule has 0 spiro atoms. The summed E-state index contributed by atoms with van der Waals surface area (Å²) in [7, 11) is 0. The van der Waals surface area contributed by atoms with Crippen LogP contribution >= 0.6 is 0 Å². The van der Waals surface area contributed by atoms with Crippen LogP contribution in [-0.4, -0.2) is 0 Å². The van der Waals surface area contributed by atoms with Gasteiger partial charge in [-0.2, -0.15) is 13.2 Å². The Balaban J connectivity index is 0.000000218. The Kier molecular flexibility index (Phi) is 8.23. The fourth-order valence-corrected chi connectivity index (χ4v) is 7.38. The fourth-order valence-electron chi connectivity index (χ4n) is 7.38. The summed E-state index contributed by atoms with van der Waals surface area (Å²) in [6.07, 6.45) is -3.30. The van der Waals surface area contributed by atoms with Crippen LogP contribution in [0.4, 0.5) is 13.2 Å². The predicted molar refractivity (Wildman–Crippen MR) is 194 cm³/mol. The van der Waals surface area contributed by atoms with E-state index < -0.39 is 11.7 Å². The zero-order chi connectivity index (χ0) is 33.4. The van der Waals surface area contributed by atoms with E-state index in [1.807, 2.05) is 0 Å². The van der Waals surface area contributed by atoms with Crippen molar-refractivity contribution in [2.75, 3.05) is 0 Å². The third-order valence-electron chi connectivity index (χ3n) is 9.28. The van der Waals surface area contributed by atoms with Gasteiger partial charge in [-0.15, -0.1) is 0 Å². The van der Waals surface area contributed by atoms with Crippen molar-refractivity contribution in [1.29, 1.82) is 0 Å². The van der Waals surface area contributed by atoms with Crippen molar-refractivity contribution in [1.82, 2.24) is 0 Å². The maximum atomic E-state index is 12.5. The largest absolute Gasteiger partial charge is 0.417 e. The van der Waals surface area contributed by atoms with Gasteiger partial charge >= 0.3 is 6.18 Å². The van der Waals surface area contributed by atoms with Gasteiger partial charge in [0.2, 0.25) is 0 Å². The van der Waals surface area contributed by atoms with Crippen molar-refractivity contribution in [3.63, 3.8) is 0 Å². The van der Waals surface area contributed by atoms with Gasteiger partial charge in [0.15, 0.2) is 0 Å². The predicted octanol–water partition coefficient (Wildman–Crippen LogP) is 13.0. The van der Waals surface area contributed by atoms with E-state index in [2.05, 4.69) is 124 Å². The Labute approximate surface area is 280 Å². The van der Waals surface area contributed by atoms with Crippen molar-refractivity contribution in [2.24, 2.45) is 0 Å². The molecule has 7 aromatic carbocycles. The molecule has 3 heteroatoms. The highest BCUT2D eigenvalue weighted by molar-refractivity contribution is 6.02. The first kappa shape index (κ1) is 31.2. The van der Waals surface area contributed by atoms with E-state index in [0.717, 1.165) is 12.5 Å². The second-order valence-electron chi connectivity index (χ2n) is 12.6. The molecule has 0 radical (unpaired) electrons. The van der Waals surface area contributed by atoms with Crippen LogP contribution < -0.4 is 0 Å². The first-order chi connectivity index (χ1) is 23.2. The minimum absolute atomic E-state index is 0.252. The molecular weight excluding hydrogens is 597 g/mol. The Bertz CT molecular complexity index is 2230. The van der Waals surface area contributed by atoms with E-state index >= 15 is 0 Å². The van der Waals surface area contributed by atoms with E-state index in [1.54, 1.807) is 24.3 Å². The van der Waals surface area contributed by atoms with E-state index in [0.29, 0.717) is 5.39 Å². The van der Waals surface area contributed by atoms with Crippen molar-refractivity contribution < 1.29 is 13.2 Å². The molecule has 0 amide bonds. The molecule has 0 saturated carbocycles. The van der Waals surface area contributed by atoms with Crippen molar-refractivity contribution in [3.05, 3.63) is 179 Å². The minimum Gasteiger partial charge on any atom is -0.166 e. The molecule has 0 unspecified atom stereocenters. The normalized spacial score (nSPS) is 11.9. The summed E-state index contributed by atoms with van der Waals surface area (Å²) in [5.74, 6) is 0.